The Labute approximate surface area is 85.2 Å². The number of para-hydroxylation sites is 1. The van der Waals surface area contributed by atoms with E-state index in [1.807, 2.05) is 0 Å². The quantitative estimate of drug-likeness (QED) is 0.695. The maximum atomic E-state index is 3.42. The first-order chi connectivity index (χ1) is 6.90. The lowest BCUT2D eigenvalue weighted by atomic mass is 10.1. The highest BCUT2D eigenvalue weighted by Crippen LogP contribution is 2.27. The van der Waals surface area contributed by atoms with Crippen LogP contribution >= 0.6 is 0 Å². The summed E-state index contributed by atoms with van der Waals surface area (Å²) < 4.78 is 0. The van der Waals surface area contributed by atoms with Crippen LogP contribution in [-0.4, -0.2) is 0 Å². The van der Waals surface area contributed by atoms with Crippen molar-refractivity contribution in [3.8, 4) is 0 Å². The van der Waals surface area contributed by atoms with Crippen molar-refractivity contribution in [2.24, 2.45) is 0 Å². The van der Waals surface area contributed by atoms with Crippen molar-refractivity contribution in [2.75, 3.05) is 5.32 Å². The summed E-state index contributed by atoms with van der Waals surface area (Å²) in [6.07, 6.45) is 8.57. The Balaban J connectivity index is 2.08. The topological polar surface area (TPSA) is 12.0 Å². The van der Waals surface area contributed by atoms with Crippen LogP contribution in [0.3, 0.4) is 0 Å². The van der Waals surface area contributed by atoms with Crippen LogP contribution in [0.1, 0.15) is 18.9 Å². The molecule has 0 atom stereocenters. The third-order valence-corrected chi connectivity index (χ3v) is 2.43. The molecule has 0 aliphatic carbocycles. The van der Waals surface area contributed by atoms with Crippen molar-refractivity contribution in [3.05, 3.63) is 53.8 Å². The molecule has 14 heavy (non-hydrogen) atoms. The smallest absolute Gasteiger partial charge is 0.0418 e. The van der Waals surface area contributed by atoms with Gasteiger partial charge < -0.3 is 5.32 Å². The van der Waals surface area contributed by atoms with Gasteiger partial charge in [0.25, 0.3) is 0 Å². The van der Waals surface area contributed by atoms with Gasteiger partial charge in [-0.2, -0.15) is 0 Å². The lowest BCUT2D eigenvalue weighted by Gasteiger charge is -1.97. The fourth-order valence-corrected chi connectivity index (χ4v) is 1.69. The molecule has 0 saturated heterocycles. The fraction of sp³-hybridized carbons (Fsp3) is 0.231. The minimum atomic E-state index is 1.02. The molecule has 1 aliphatic heterocycles. The number of benzene rings is 1. The van der Waals surface area contributed by atoms with E-state index in [4.69, 9.17) is 0 Å². The summed E-state index contributed by atoms with van der Waals surface area (Å²) in [5.41, 5.74) is 3.99. The predicted octanol–water partition coefficient (Wildman–Crippen LogP) is 3.50. The predicted molar refractivity (Wildman–Crippen MR) is 61.3 cm³/mol. The molecule has 1 aliphatic rings. The van der Waals surface area contributed by atoms with Crippen LogP contribution in [0.15, 0.2) is 48.2 Å². The van der Waals surface area contributed by atoms with Crippen molar-refractivity contribution in [1.82, 2.24) is 0 Å². The van der Waals surface area contributed by atoms with Gasteiger partial charge in [-0.1, -0.05) is 36.4 Å². The highest BCUT2D eigenvalue weighted by atomic mass is 14.9. The van der Waals surface area contributed by atoms with Crippen LogP contribution in [0, 0.1) is 0 Å². The molecule has 1 aromatic rings. The Bertz CT molecular complexity index is 348. The molecule has 0 radical (unpaired) electrons. The maximum Gasteiger partial charge on any atom is 0.0418 e. The van der Waals surface area contributed by atoms with E-state index >= 15 is 0 Å². The normalized spacial score (nSPS) is 17.4. The van der Waals surface area contributed by atoms with E-state index in [1.54, 1.807) is 0 Å². The van der Waals surface area contributed by atoms with E-state index in [-0.39, 0.29) is 0 Å². The molecule has 1 aromatic carbocycles. The average molecular weight is 185 g/mol. The molecule has 0 unspecified atom stereocenters. The Morgan fingerprint density at radius 1 is 1.36 bits per heavy atom. The highest BCUT2D eigenvalue weighted by molar-refractivity contribution is 5.61. The van der Waals surface area contributed by atoms with Crippen molar-refractivity contribution >= 4 is 5.69 Å². The summed E-state index contributed by atoms with van der Waals surface area (Å²) in [6, 6.07) is 8.47. The number of nitrogens with one attached hydrogen (secondary N) is 1. The largest absolute Gasteiger partial charge is 0.359 e. The molecular weight excluding hydrogens is 170 g/mol. The van der Waals surface area contributed by atoms with E-state index in [0.717, 1.165) is 12.8 Å². The molecule has 0 amide bonds. The summed E-state index contributed by atoms with van der Waals surface area (Å²) in [4.78, 5) is 0. The van der Waals surface area contributed by atoms with Crippen LogP contribution in [0.2, 0.25) is 0 Å². The van der Waals surface area contributed by atoms with Gasteiger partial charge in [-0.05, 0) is 25.0 Å². The molecule has 0 saturated carbocycles. The standard InChI is InChI=1S/C13H15N/c1-2-3-4-8-12-10-11-7-5-6-9-13(11)14-12/h2-3,5-9,14H,4,10H2,1H3/b3-2-,12-8+. The van der Waals surface area contributed by atoms with Gasteiger partial charge in [-0.15, -0.1) is 0 Å². The van der Waals surface area contributed by atoms with E-state index in [1.165, 1.54) is 16.9 Å². The molecule has 1 nitrogen and oxygen atoms in total. The van der Waals surface area contributed by atoms with Gasteiger partial charge in [0.15, 0.2) is 0 Å². The first-order valence-electron chi connectivity index (χ1n) is 5.05. The van der Waals surface area contributed by atoms with Crippen LogP contribution in [-0.2, 0) is 6.42 Å². The third-order valence-electron chi connectivity index (χ3n) is 2.43. The Kier molecular flexibility index (Phi) is 2.68. The zero-order valence-corrected chi connectivity index (χ0v) is 8.46. The monoisotopic (exact) mass is 185 g/mol. The van der Waals surface area contributed by atoms with Crippen LogP contribution < -0.4 is 5.32 Å². The molecule has 1 heteroatoms. The molecule has 0 bridgehead atoms. The summed E-state index contributed by atoms with van der Waals surface area (Å²) >= 11 is 0. The Morgan fingerprint density at radius 2 is 2.21 bits per heavy atom. The van der Waals surface area contributed by atoms with Crippen molar-refractivity contribution in [3.63, 3.8) is 0 Å². The Morgan fingerprint density at radius 3 is 3.00 bits per heavy atom. The van der Waals surface area contributed by atoms with E-state index < -0.39 is 0 Å². The summed E-state index contributed by atoms with van der Waals surface area (Å²) in [6.45, 7) is 2.05. The molecule has 0 aromatic heterocycles. The third kappa shape index (κ3) is 1.87. The fourth-order valence-electron chi connectivity index (χ4n) is 1.69. The molecule has 0 spiro atoms. The average Bonchev–Trinajstić information content (AvgIpc) is 2.60. The number of hydrogen-bond acceptors (Lipinski definition) is 1. The van der Waals surface area contributed by atoms with Gasteiger partial charge in [0, 0.05) is 17.8 Å². The van der Waals surface area contributed by atoms with Crippen LogP contribution in [0.4, 0.5) is 5.69 Å². The zero-order chi connectivity index (χ0) is 9.80. The minimum Gasteiger partial charge on any atom is -0.359 e. The molecular formula is C13H15N. The number of fused-ring (bicyclic) bond motifs is 1. The van der Waals surface area contributed by atoms with Gasteiger partial charge in [0.1, 0.15) is 0 Å². The first-order valence-corrected chi connectivity index (χ1v) is 5.05. The zero-order valence-electron chi connectivity index (χ0n) is 8.46. The number of anilines is 1. The van der Waals surface area contributed by atoms with Crippen molar-refractivity contribution < 1.29 is 0 Å². The van der Waals surface area contributed by atoms with Crippen LogP contribution in [0.5, 0.6) is 0 Å². The van der Waals surface area contributed by atoms with E-state index in [2.05, 4.69) is 54.7 Å². The van der Waals surface area contributed by atoms with E-state index in [9.17, 15) is 0 Å². The van der Waals surface area contributed by atoms with Crippen molar-refractivity contribution in [1.29, 1.82) is 0 Å². The van der Waals surface area contributed by atoms with Gasteiger partial charge in [-0.3, -0.25) is 0 Å². The van der Waals surface area contributed by atoms with Crippen molar-refractivity contribution in [2.45, 2.75) is 19.8 Å². The number of hydrogen-bond donors (Lipinski definition) is 1. The maximum absolute atomic E-state index is 3.42. The second-order valence-electron chi connectivity index (χ2n) is 3.49. The van der Waals surface area contributed by atoms with Gasteiger partial charge in [-0.25, -0.2) is 0 Å². The summed E-state index contributed by atoms with van der Waals surface area (Å²) in [5, 5.41) is 3.42. The number of rotatable bonds is 2. The SMILES string of the molecule is C/C=C\C/C=C1\Cc2ccccc2N1. The summed E-state index contributed by atoms with van der Waals surface area (Å²) in [5.74, 6) is 0. The lowest BCUT2D eigenvalue weighted by Crippen LogP contribution is -1.90. The van der Waals surface area contributed by atoms with Gasteiger partial charge in [0.2, 0.25) is 0 Å². The second-order valence-corrected chi connectivity index (χ2v) is 3.49. The van der Waals surface area contributed by atoms with Gasteiger partial charge >= 0.3 is 0 Å². The first kappa shape index (κ1) is 9.07. The highest BCUT2D eigenvalue weighted by Gasteiger charge is 2.12. The van der Waals surface area contributed by atoms with Gasteiger partial charge in [0.05, 0.1) is 0 Å². The minimum absolute atomic E-state index is 1.02. The second kappa shape index (κ2) is 4.14. The lowest BCUT2D eigenvalue weighted by molar-refractivity contribution is 1.20. The van der Waals surface area contributed by atoms with Crippen LogP contribution in [0.25, 0.3) is 0 Å². The Hall–Kier alpha value is -1.50. The van der Waals surface area contributed by atoms with E-state index in [0.29, 0.717) is 0 Å². The molecule has 72 valence electrons. The molecule has 1 heterocycles. The number of allylic oxidation sites excluding steroid dienone is 4. The summed E-state index contributed by atoms with van der Waals surface area (Å²) in [7, 11) is 0. The molecule has 2 rings (SSSR count). The molecule has 1 N–H and O–H groups in total. The molecule has 0 fully saturated rings.